The molecule has 0 heterocycles. The van der Waals surface area contributed by atoms with E-state index >= 15 is 0 Å². The van der Waals surface area contributed by atoms with Crippen molar-refractivity contribution in [1.82, 2.24) is 0 Å². The van der Waals surface area contributed by atoms with E-state index in [1.54, 1.807) is 13.8 Å². The molecule has 0 aromatic heterocycles. The number of rotatable bonds is 4. The molecule has 4 nitrogen and oxygen atoms in total. The molecule has 0 aliphatic heterocycles. The van der Waals surface area contributed by atoms with Crippen LogP contribution in [-0.2, 0) is 4.79 Å². The number of carbonyl (C=O) groups excluding carboxylic acids is 1. The molecule has 0 aliphatic carbocycles. The molecular formula is C12H15NO3S. The Bertz CT molecular complexity index is 434. The Labute approximate surface area is 105 Å². The third kappa shape index (κ3) is 3.56. The largest absolute Gasteiger partial charge is 0.287 e. The maximum atomic E-state index is 11.6. The zero-order chi connectivity index (χ0) is 13.0. The van der Waals surface area contributed by atoms with Crippen molar-refractivity contribution in [3.63, 3.8) is 0 Å². The lowest BCUT2D eigenvalue weighted by Crippen LogP contribution is -1.96. The van der Waals surface area contributed by atoms with Crippen molar-refractivity contribution in [2.75, 3.05) is 0 Å². The third-order valence-electron chi connectivity index (χ3n) is 2.33. The first-order chi connectivity index (χ1) is 7.95. The highest BCUT2D eigenvalue weighted by Crippen LogP contribution is 2.31. The molecular weight excluding hydrogens is 238 g/mol. The first-order valence-corrected chi connectivity index (χ1v) is 6.23. The molecule has 1 aromatic rings. The SMILES string of the molecule is CCCC(=O)Sc1c(C)cc([N+](=O)[O-])cc1C. The fraction of sp³-hybridized carbons (Fsp3) is 0.417. The topological polar surface area (TPSA) is 60.2 Å². The zero-order valence-corrected chi connectivity index (χ0v) is 11.0. The molecule has 0 unspecified atom stereocenters. The molecule has 17 heavy (non-hydrogen) atoms. The summed E-state index contributed by atoms with van der Waals surface area (Å²) >= 11 is 1.18. The van der Waals surface area contributed by atoms with E-state index in [0.29, 0.717) is 6.42 Å². The van der Waals surface area contributed by atoms with Crippen molar-refractivity contribution in [2.24, 2.45) is 0 Å². The Balaban J connectivity index is 3.01. The molecule has 0 radical (unpaired) electrons. The summed E-state index contributed by atoms with van der Waals surface area (Å²) < 4.78 is 0. The van der Waals surface area contributed by atoms with E-state index in [4.69, 9.17) is 0 Å². The molecule has 0 saturated carbocycles. The van der Waals surface area contributed by atoms with Crippen LogP contribution in [0, 0.1) is 24.0 Å². The highest BCUT2D eigenvalue weighted by molar-refractivity contribution is 8.13. The molecule has 1 aromatic carbocycles. The number of nitrogens with zero attached hydrogens (tertiary/aromatic N) is 1. The van der Waals surface area contributed by atoms with Gasteiger partial charge in [-0.15, -0.1) is 0 Å². The maximum Gasteiger partial charge on any atom is 0.270 e. The van der Waals surface area contributed by atoms with Gasteiger partial charge in [-0.3, -0.25) is 14.9 Å². The van der Waals surface area contributed by atoms with Crippen LogP contribution in [0.4, 0.5) is 5.69 Å². The Morgan fingerprint density at radius 2 is 1.88 bits per heavy atom. The van der Waals surface area contributed by atoms with Gasteiger partial charge in [-0.1, -0.05) is 18.7 Å². The summed E-state index contributed by atoms with van der Waals surface area (Å²) in [7, 11) is 0. The van der Waals surface area contributed by atoms with Crippen LogP contribution in [0.15, 0.2) is 17.0 Å². The highest BCUT2D eigenvalue weighted by Gasteiger charge is 2.14. The summed E-state index contributed by atoms with van der Waals surface area (Å²) in [5, 5.41) is 10.8. The minimum Gasteiger partial charge on any atom is -0.287 e. The molecule has 0 bridgehead atoms. The number of nitro benzene ring substituents is 1. The average molecular weight is 253 g/mol. The van der Waals surface area contributed by atoms with Crippen LogP contribution in [0.2, 0.25) is 0 Å². The first kappa shape index (κ1) is 13.7. The number of aryl methyl sites for hydroxylation is 2. The lowest BCUT2D eigenvalue weighted by Gasteiger charge is -2.08. The predicted octanol–water partition coefficient (Wildman–Crippen LogP) is 3.63. The molecule has 0 aliphatic rings. The summed E-state index contributed by atoms with van der Waals surface area (Å²) in [4.78, 5) is 22.7. The van der Waals surface area contributed by atoms with E-state index in [-0.39, 0.29) is 10.8 Å². The van der Waals surface area contributed by atoms with Crippen LogP contribution in [0.3, 0.4) is 0 Å². The van der Waals surface area contributed by atoms with Gasteiger partial charge in [-0.25, -0.2) is 0 Å². The van der Waals surface area contributed by atoms with Gasteiger partial charge in [0.1, 0.15) is 0 Å². The summed E-state index contributed by atoms with van der Waals surface area (Å²) in [6.45, 7) is 5.54. The zero-order valence-electron chi connectivity index (χ0n) is 10.1. The van der Waals surface area contributed by atoms with Gasteiger partial charge in [0.2, 0.25) is 0 Å². The van der Waals surface area contributed by atoms with Crippen molar-refractivity contribution < 1.29 is 9.72 Å². The highest BCUT2D eigenvalue weighted by atomic mass is 32.2. The average Bonchev–Trinajstić information content (AvgIpc) is 2.23. The molecule has 5 heteroatoms. The van der Waals surface area contributed by atoms with Gasteiger partial charge in [-0.05, 0) is 31.4 Å². The second-order valence-corrected chi connectivity index (χ2v) is 4.96. The van der Waals surface area contributed by atoms with E-state index in [1.807, 2.05) is 6.92 Å². The van der Waals surface area contributed by atoms with E-state index in [2.05, 4.69) is 0 Å². The number of carbonyl (C=O) groups is 1. The number of benzene rings is 1. The molecule has 0 saturated heterocycles. The summed E-state index contributed by atoms with van der Waals surface area (Å²) in [6.07, 6.45) is 1.34. The fourth-order valence-corrected chi connectivity index (χ4v) is 2.54. The van der Waals surface area contributed by atoms with Gasteiger partial charge in [0, 0.05) is 23.4 Å². The Morgan fingerprint density at radius 3 is 2.29 bits per heavy atom. The lowest BCUT2D eigenvalue weighted by atomic mass is 10.1. The number of thioether (sulfide) groups is 1. The fourth-order valence-electron chi connectivity index (χ4n) is 1.56. The van der Waals surface area contributed by atoms with Crippen LogP contribution in [-0.4, -0.2) is 10.0 Å². The van der Waals surface area contributed by atoms with E-state index in [0.717, 1.165) is 22.4 Å². The van der Waals surface area contributed by atoms with Crippen molar-refractivity contribution >= 4 is 22.6 Å². The van der Waals surface area contributed by atoms with Crippen molar-refractivity contribution in [1.29, 1.82) is 0 Å². The molecule has 1 rings (SSSR count). The number of hydrogen-bond acceptors (Lipinski definition) is 4. The van der Waals surface area contributed by atoms with Gasteiger partial charge in [0.25, 0.3) is 5.69 Å². The third-order valence-corrected chi connectivity index (χ3v) is 3.61. The van der Waals surface area contributed by atoms with Crippen LogP contribution < -0.4 is 0 Å². The minimum atomic E-state index is -0.414. The molecule has 92 valence electrons. The van der Waals surface area contributed by atoms with Crippen LogP contribution in [0.5, 0.6) is 0 Å². The first-order valence-electron chi connectivity index (χ1n) is 5.42. The Morgan fingerprint density at radius 1 is 1.35 bits per heavy atom. The number of nitro groups is 1. The standard InChI is InChI=1S/C12H15NO3S/c1-4-5-11(14)17-12-8(2)6-10(13(15)16)7-9(12)3/h6-7H,4-5H2,1-3H3. The van der Waals surface area contributed by atoms with Gasteiger partial charge in [0.15, 0.2) is 5.12 Å². The molecule has 0 spiro atoms. The Hall–Kier alpha value is -1.36. The maximum absolute atomic E-state index is 11.6. The lowest BCUT2D eigenvalue weighted by molar-refractivity contribution is -0.385. The second-order valence-electron chi connectivity index (χ2n) is 3.89. The van der Waals surface area contributed by atoms with E-state index in [9.17, 15) is 14.9 Å². The van der Waals surface area contributed by atoms with Crippen molar-refractivity contribution in [2.45, 2.75) is 38.5 Å². The number of hydrogen-bond donors (Lipinski definition) is 0. The van der Waals surface area contributed by atoms with Crippen molar-refractivity contribution in [3.05, 3.63) is 33.4 Å². The molecule has 0 N–H and O–H groups in total. The second kappa shape index (κ2) is 5.82. The number of non-ortho nitro benzene ring substituents is 1. The minimum absolute atomic E-state index is 0.0762. The van der Waals surface area contributed by atoms with Gasteiger partial charge in [0.05, 0.1) is 4.92 Å². The van der Waals surface area contributed by atoms with Gasteiger partial charge < -0.3 is 0 Å². The van der Waals surface area contributed by atoms with E-state index in [1.165, 1.54) is 23.9 Å². The van der Waals surface area contributed by atoms with Gasteiger partial charge in [-0.2, -0.15) is 0 Å². The van der Waals surface area contributed by atoms with E-state index < -0.39 is 4.92 Å². The monoisotopic (exact) mass is 253 g/mol. The smallest absolute Gasteiger partial charge is 0.270 e. The Kier molecular flexibility index (Phi) is 4.69. The molecule has 0 atom stereocenters. The van der Waals surface area contributed by atoms with Crippen LogP contribution in [0.1, 0.15) is 30.9 Å². The quantitative estimate of drug-likeness (QED) is 0.467. The summed E-state index contributed by atoms with van der Waals surface area (Å²) in [6, 6.07) is 3.02. The summed E-state index contributed by atoms with van der Waals surface area (Å²) in [5.41, 5.74) is 1.64. The normalized spacial score (nSPS) is 10.3. The van der Waals surface area contributed by atoms with Crippen LogP contribution >= 0.6 is 11.8 Å². The summed E-state index contributed by atoms with van der Waals surface area (Å²) in [5.74, 6) is 0. The van der Waals surface area contributed by atoms with Gasteiger partial charge >= 0.3 is 0 Å². The van der Waals surface area contributed by atoms with Crippen molar-refractivity contribution in [3.8, 4) is 0 Å². The molecule has 0 fully saturated rings. The molecule has 0 amide bonds. The predicted molar refractivity (Wildman–Crippen MR) is 68.3 cm³/mol. The van der Waals surface area contributed by atoms with Crippen LogP contribution in [0.25, 0.3) is 0 Å².